The van der Waals surface area contributed by atoms with Crippen LogP contribution in [0.25, 0.3) is 0 Å². The molecule has 9 nitrogen and oxygen atoms in total. The number of rotatable bonds is 5. The molecule has 0 saturated carbocycles. The highest BCUT2D eigenvalue weighted by Crippen LogP contribution is 2.48. The maximum absolute atomic E-state index is 13.1. The Labute approximate surface area is 194 Å². The second-order valence-corrected chi connectivity index (χ2v) is 7.65. The molecule has 0 fully saturated rings. The molecule has 0 aliphatic carbocycles. The van der Waals surface area contributed by atoms with Gasteiger partial charge in [-0.2, -0.15) is 5.26 Å². The molecule has 0 bridgehead atoms. The van der Waals surface area contributed by atoms with E-state index < -0.39 is 11.9 Å². The Balaban J connectivity index is 1.87. The second kappa shape index (κ2) is 8.67. The monoisotopic (exact) mass is 460 g/mol. The number of carbonyl (C=O) groups is 2. The third kappa shape index (κ3) is 3.82. The van der Waals surface area contributed by atoms with E-state index in [1.807, 2.05) is 6.07 Å². The molecule has 9 heteroatoms. The number of nitrogens with zero attached hydrogens (tertiary/aromatic N) is 1. The Bertz CT molecular complexity index is 1390. The first-order valence-electron chi connectivity index (χ1n) is 10.2. The number of benzene rings is 3. The number of methoxy groups -OCH3 is 1. The molecule has 3 aromatic rings. The van der Waals surface area contributed by atoms with Crippen molar-refractivity contribution in [2.24, 2.45) is 0 Å². The average Bonchev–Trinajstić information content (AvgIpc) is 2.96. The van der Waals surface area contributed by atoms with E-state index >= 15 is 0 Å². The van der Waals surface area contributed by atoms with E-state index in [0.717, 1.165) is 0 Å². The van der Waals surface area contributed by atoms with Gasteiger partial charge < -0.3 is 29.7 Å². The Kier molecular flexibility index (Phi) is 5.73. The summed E-state index contributed by atoms with van der Waals surface area (Å²) >= 11 is 0. The van der Waals surface area contributed by atoms with E-state index in [1.165, 1.54) is 19.2 Å². The van der Waals surface area contributed by atoms with Crippen LogP contribution in [0.5, 0.6) is 28.7 Å². The lowest BCUT2D eigenvalue weighted by Crippen LogP contribution is -2.12. The van der Waals surface area contributed by atoms with Crippen molar-refractivity contribution >= 4 is 17.6 Å². The van der Waals surface area contributed by atoms with Gasteiger partial charge >= 0.3 is 11.9 Å². The molecule has 0 atom stereocenters. The van der Waals surface area contributed by atoms with E-state index in [4.69, 9.17) is 19.5 Å². The fraction of sp³-hybridized carbons (Fsp3) is 0.160. The third-order valence-corrected chi connectivity index (χ3v) is 5.51. The number of fused-ring (bicyclic) bond motifs is 2. The van der Waals surface area contributed by atoms with Crippen molar-refractivity contribution in [2.45, 2.75) is 20.4 Å². The summed E-state index contributed by atoms with van der Waals surface area (Å²) in [6.07, 6.45) is 0. The number of aromatic carboxylic acids is 1. The number of carbonyl (C=O) groups excluding carboxylic acids is 1. The molecule has 3 aromatic carbocycles. The molecule has 0 saturated heterocycles. The molecule has 1 aliphatic heterocycles. The number of aryl methyl sites for hydroxylation is 1. The Morgan fingerprint density at radius 1 is 1.15 bits per heavy atom. The van der Waals surface area contributed by atoms with Crippen LogP contribution in [-0.4, -0.2) is 29.3 Å². The quantitative estimate of drug-likeness (QED) is 0.370. The molecular formula is C25H20N2O7. The van der Waals surface area contributed by atoms with Crippen molar-refractivity contribution in [1.82, 2.24) is 0 Å². The van der Waals surface area contributed by atoms with Gasteiger partial charge in [0.25, 0.3) is 0 Å². The Morgan fingerprint density at radius 3 is 2.59 bits per heavy atom. The van der Waals surface area contributed by atoms with Gasteiger partial charge in [0.2, 0.25) is 0 Å². The van der Waals surface area contributed by atoms with Crippen LogP contribution in [0.3, 0.4) is 0 Å². The molecule has 4 rings (SSSR count). The van der Waals surface area contributed by atoms with E-state index in [-0.39, 0.29) is 52.0 Å². The number of phenols is 1. The van der Waals surface area contributed by atoms with Gasteiger partial charge in [0.1, 0.15) is 22.6 Å². The number of nitrogens with one attached hydrogen (secondary N) is 1. The number of carboxylic acid groups (broad SMARTS) is 1. The van der Waals surface area contributed by atoms with Crippen LogP contribution in [-0.2, 0) is 6.54 Å². The Morgan fingerprint density at radius 2 is 1.91 bits per heavy atom. The summed E-state index contributed by atoms with van der Waals surface area (Å²) in [6.45, 7) is 3.24. The molecule has 0 amide bonds. The maximum atomic E-state index is 13.1. The smallest absolute Gasteiger partial charge is 0.347 e. The summed E-state index contributed by atoms with van der Waals surface area (Å²) in [4.78, 5) is 25.1. The van der Waals surface area contributed by atoms with E-state index in [9.17, 15) is 19.8 Å². The van der Waals surface area contributed by atoms with Gasteiger partial charge in [0.15, 0.2) is 17.2 Å². The molecule has 34 heavy (non-hydrogen) atoms. The van der Waals surface area contributed by atoms with Crippen molar-refractivity contribution in [2.75, 3.05) is 12.4 Å². The number of anilines is 1. The summed E-state index contributed by atoms with van der Waals surface area (Å²) in [5.74, 6) is -2.26. The van der Waals surface area contributed by atoms with Crippen LogP contribution in [0.1, 0.15) is 43.0 Å². The summed E-state index contributed by atoms with van der Waals surface area (Å²) < 4.78 is 16.9. The van der Waals surface area contributed by atoms with Gasteiger partial charge in [-0.15, -0.1) is 0 Å². The number of hydrogen-bond donors (Lipinski definition) is 3. The van der Waals surface area contributed by atoms with E-state index in [0.29, 0.717) is 22.4 Å². The molecule has 0 unspecified atom stereocenters. The molecule has 0 spiro atoms. The normalized spacial score (nSPS) is 11.8. The van der Waals surface area contributed by atoms with Gasteiger partial charge in [0.05, 0.1) is 24.3 Å². The number of carboxylic acids is 1. The minimum atomic E-state index is -1.31. The minimum absolute atomic E-state index is 0.0164. The largest absolute Gasteiger partial charge is 0.507 e. The average molecular weight is 460 g/mol. The second-order valence-electron chi connectivity index (χ2n) is 7.65. The van der Waals surface area contributed by atoms with Gasteiger partial charge in [-0.1, -0.05) is 6.07 Å². The van der Waals surface area contributed by atoms with Crippen molar-refractivity contribution in [1.29, 1.82) is 5.26 Å². The topological polar surface area (TPSA) is 138 Å². The number of aromatic hydroxyl groups is 1. The molecule has 172 valence electrons. The number of hydrogen-bond acceptors (Lipinski definition) is 8. The molecule has 1 aliphatic rings. The summed E-state index contributed by atoms with van der Waals surface area (Å²) in [5, 5.41) is 32.7. The number of phenolic OH excluding ortho intramolecular Hbond substituents is 1. The van der Waals surface area contributed by atoms with Crippen LogP contribution in [0.15, 0.2) is 36.4 Å². The highest BCUT2D eigenvalue weighted by molar-refractivity contribution is 6.00. The van der Waals surface area contributed by atoms with Crippen LogP contribution in [0.2, 0.25) is 0 Å². The first-order valence-corrected chi connectivity index (χ1v) is 10.2. The molecule has 1 heterocycles. The zero-order valence-electron chi connectivity index (χ0n) is 18.6. The summed E-state index contributed by atoms with van der Waals surface area (Å²) in [5.41, 5.74) is 1.85. The maximum Gasteiger partial charge on any atom is 0.347 e. The molecular weight excluding hydrogens is 440 g/mol. The van der Waals surface area contributed by atoms with Crippen molar-refractivity contribution in [3.05, 3.63) is 69.8 Å². The third-order valence-electron chi connectivity index (χ3n) is 5.51. The highest BCUT2D eigenvalue weighted by atomic mass is 16.6. The molecule has 0 aromatic heterocycles. The first kappa shape index (κ1) is 22.5. The zero-order chi connectivity index (χ0) is 24.6. The van der Waals surface area contributed by atoms with E-state index in [2.05, 4.69) is 5.32 Å². The predicted octanol–water partition coefficient (Wildman–Crippen LogP) is 4.52. The fourth-order valence-electron chi connectivity index (χ4n) is 3.79. The molecule has 3 N–H and O–H groups in total. The van der Waals surface area contributed by atoms with Crippen LogP contribution in [0, 0.1) is 25.2 Å². The van der Waals surface area contributed by atoms with Crippen molar-refractivity contribution in [3.63, 3.8) is 0 Å². The SMILES string of the molecule is COc1cc(C(=O)O)c2c(c1C)OC(=O)c1c(C)cc(O)c(CNc3cccc(C#N)c3)c1O2. The number of esters is 1. The first-order chi connectivity index (χ1) is 16.2. The van der Waals surface area contributed by atoms with Crippen LogP contribution in [0.4, 0.5) is 5.69 Å². The lowest BCUT2D eigenvalue weighted by molar-refractivity contribution is 0.0685. The molecule has 0 radical (unpaired) electrons. The van der Waals surface area contributed by atoms with Crippen LogP contribution < -0.4 is 19.5 Å². The lowest BCUT2D eigenvalue weighted by atomic mass is 10.0. The summed E-state index contributed by atoms with van der Waals surface area (Å²) in [7, 11) is 1.38. The fourth-order valence-corrected chi connectivity index (χ4v) is 3.79. The van der Waals surface area contributed by atoms with E-state index in [1.54, 1.807) is 38.1 Å². The van der Waals surface area contributed by atoms with Gasteiger partial charge in [-0.05, 0) is 49.7 Å². The Hall–Kier alpha value is -4.71. The van der Waals surface area contributed by atoms with Gasteiger partial charge in [-0.3, -0.25) is 0 Å². The van der Waals surface area contributed by atoms with Gasteiger partial charge in [-0.25, -0.2) is 9.59 Å². The standard InChI is InChI=1S/C25H20N2O7/c1-12-7-18(28)17(11-27-15-6-4-5-14(8-15)10-26)22-20(12)25(31)34-21-13(2)19(32-3)9-16(24(29)30)23(21)33-22/h4-9,27-28H,11H2,1-3H3,(H,29,30). The predicted molar refractivity (Wildman–Crippen MR) is 121 cm³/mol. The summed E-state index contributed by atoms with van der Waals surface area (Å²) in [6, 6.07) is 11.5. The van der Waals surface area contributed by atoms with Gasteiger partial charge in [0, 0.05) is 17.8 Å². The number of nitriles is 1. The zero-order valence-corrected chi connectivity index (χ0v) is 18.6. The highest BCUT2D eigenvalue weighted by Gasteiger charge is 2.34. The lowest BCUT2D eigenvalue weighted by Gasteiger charge is -2.18. The minimum Gasteiger partial charge on any atom is -0.507 e. The van der Waals surface area contributed by atoms with Crippen molar-refractivity contribution < 1.29 is 34.0 Å². The van der Waals surface area contributed by atoms with Crippen LogP contribution >= 0.6 is 0 Å². The van der Waals surface area contributed by atoms with Crippen molar-refractivity contribution in [3.8, 4) is 34.8 Å². The number of ether oxygens (including phenoxy) is 3.